The van der Waals surface area contributed by atoms with Gasteiger partial charge in [-0.2, -0.15) is 0 Å². The van der Waals surface area contributed by atoms with Crippen molar-refractivity contribution < 1.29 is 18.5 Å². The number of aromatic nitrogens is 1. The van der Waals surface area contributed by atoms with Gasteiger partial charge in [-0.3, -0.25) is 9.00 Å². The number of ketones is 1. The molecule has 1 aromatic heterocycles. The Kier molecular flexibility index (Phi) is 6.28. The van der Waals surface area contributed by atoms with Gasteiger partial charge in [-0.25, -0.2) is 9.78 Å². The Hall–Kier alpha value is -1.28. The van der Waals surface area contributed by atoms with Crippen LogP contribution in [0.3, 0.4) is 0 Å². The fourth-order valence-corrected chi connectivity index (χ4v) is 2.74. The van der Waals surface area contributed by atoms with Crippen molar-refractivity contribution in [2.24, 2.45) is 0 Å². The van der Waals surface area contributed by atoms with Crippen molar-refractivity contribution in [3.63, 3.8) is 0 Å². The molecule has 0 aliphatic rings. The first-order valence-electron chi connectivity index (χ1n) is 6.03. The molecule has 8 heteroatoms. The minimum Gasteiger partial charge on any atom is -0.464 e. The van der Waals surface area contributed by atoms with E-state index in [-0.39, 0.29) is 21.6 Å². The number of esters is 1. The highest BCUT2D eigenvalue weighted by molar-refractivity contribution is 7.84. The van der Waals surface area contributed by atoms with E-state index in [1.165, 1.54) is 14.0 Å². The highest BCUT2D eigenvalue weighted by atomic mass is 32.2. The number of hydrogen-bond donors (Lipinski definition) is 1. The molecule has 0 saturated carbocycles. The molecule has 1 heterocycles. The summed E-state index contributed by atoms with van der Waals surface area (Å²) in [5.74, 6) is -0.846. The molecule has 20 heavy (non-hydrogen) atoms. The molecule has 1 N–H and O–H groups in total. The van der Waals surface area contributed by atoms with Crippen LogP contribution in [0.4, 0.5) is 5.13 Å². The molecular weight excluding hydrogens is 300 g/mol. The van der Waals surface area contributed by atoms with Crippen LogP contribution in [-0.4, -0.2) is 46.1 Å². The van der Waals surface area contributed by atoms with Gasteiger partial charge in [-0.15, -0.1) is 0 Å². The second-order valence-electron chi connectivity index (χ2n) is 4.27. The van der Waals surface area contributed by atoms with E-state index in [2.05, 4.69) is 15.0 Å². The maximum Gasteiger partial charge on any atom is 0.358 e. The molecule has 0 radical (unpaired) electrons. The van der Waals surface area contributed by atoms with Crippen molar-refractivity contribution in [2.45, 2.75) is 25.5 Å². The van der Waals surface area contributed by atoms with Gasteiger partial charge in [0, 0.05) is 35.8 Å². The number of methoxy groups -OCH3 is 1. The average Bonchev–Trinajstić information content (AvgIpc) is 2.81. The minimum atomic E-state index is -0.869. The summed E-state index contributed by atoms with van der Waals surface area (Å²) in [6.07, 6.45) is 2.38. The fraction of sp³-hybridized carbons (Fsp3) is 0.583. The van der Waals surface area contributed by atoms with Gasteiger partial charge < -0.3 is 10.1 Å². The topological polar surface area (TPSA) is 85.4 Å². The predicted molar refractivity (Wildman–Crippen MR) is 80.1 cm³/mol. The van der Waals surface area contributed by atoms with Gasteiger partial charge in [-0.05, 0) is 6.42 Å². The Morgan fingerprint density at radius 1 is 1.50 bits per heavy atom. The summed E-state index contributed by atoms with van der Waals surface area (Å²) in [6, 6.07) is 0. The van der Waals surface area contributed by atoms with E-state index in [1.54, 1.807) is 6.26 Å². The maximum absolute atomic E-state index is 11.5. The molecule has 2 unspecified atom stereocenters. The molecule has 112 valence electrons. The van der Waals surface area contributed by atoms with Crippen LogP contribution in [0.5, 0.6) is 0 Å². The first-order valence-corrected chi connectivity index (χ1v) is 8.46. The van der Waals surface area contributed by atoms with Gasteiger partial charge in [0.05, 0.1) is 7.11 Å². The van der Waals surface area contributed by atoms with Crippen LogP contribution in [0.2, 0.25) is 0 Å². The monoisotopic (exact) mass is 318 g/mol. The minimum absolute atomic E-state index is 0.0413. The van der Waals surface area contributed by atoms with E-state index in [0.29, 0.717) is 18.1 Å². The summed E-state index contributed by atoms with van der Waals surface area (Å²) in [5.41, 5.74) is 0.0413. The number of thiazole rings is 1. The van der Waals surface area contributed by atoms with Gasteiger partial charge in [0.1, 0.15) is 4.88 Å². The third-order valence-corrected chi connectivity index (χ3v) is 5.20. The number of carbonyl (C=O) groups excluding carboxylic acids is 2. The first-order chi connectivity index (χ1) is 9.36. The van der Waals surface area contributed by atoms with Gasteiger partial charge in [-0.1, -0.05) is 18.3 Å². The highest BCUT2D eigenvalue weighted by Gasteiger charge is 2.21. The summed E-state index contributed by atoms with van der Waals surface area (Å²) in [6.45, 7) is 3.86. The lowest BCUT2D eigenvalue weighted by atomic mass is 10.3. The quantitative estimate of drug-likeness (QED) is 0.608. The molecule has 0 amide bonds. The van der Waals surface area contributed by atoms with Crippen molar-refractivity contribution in [3.8, 4) is 0 Å². The Morgan fingerprint density at radius 3 is 2.65 bits per heavy atom. The van der Waals surface area contributed by atoms with Crippen molar-refractivity contribution >= 4 is 39.0 Å². The average molecular weight is 318 g/mol. The van der Waals surface area contributed by atoms with Crippen LogP contribution >= 0.6 is 11.3 Å². The molecule has 2 atom stereocenters. The van der Waals surface area contributed by atoms with Gasteiger partial charge in [0.2, 0.25) is 0 Å². The maximum atomic E-state index is 11.5. The van der Waals surface area contributed by atoms with E-state index in [1.807, 2.05) is 6.92 Å². The van der Waals surface area contributed by atoms with Crippen LogP contribution in [0.15, 0.2) is 0 Å². The zero-order valence-corrected chi connectivity index (χ0v) is 13.5. The number of nitrogens with one attached hydrogen (secondary N) is 1. The van der Waals surface area contributed by atoms with E-state index in [9.17, 15) is 13.8 Å². The van der Waals surface area contributed by atoms with Crippen molar-refractivity contribution in [1.29, 1.82) is 0 Å². The number of carbonyl (C=O) groups is 2. The lowest BCUT2D eigenvalue weighted by Crippen LogP contribution is -2.14. The van der Waals surface area contributed by atoms with Crippen molar-refractivity contribution in [1.82, 2.24) is 4.98 Å². The van der Waals surface area contributed by atoms with Crippen molar-refractivity contribution in [2.75, 3.05) is 25.2 Å². The molecule has 6 nitrogen and oxygen atoms in total. The lowest BCUT2D eigenvalue weighted by molar-refractivity contribution is 0.0591. The molecular formula is C12H18N2O4S2. The molecule has 0 spiro atoms. The lowest BCUT2D eigenvalue weighted by Gasteiger charge is -2.07. The van der Waals surface area contributed by atoms with E-state index >= 15 is 0 Å². The number of ether oxygens (including phenoxy) is 1. The molecule has 0 aliphatic carbocycles. The first kappa shape index (κ1) is 16.8. The van der Waals surface area contributed by atoms with E-state index in [0.717, 1.165) is 11.3 Å². The third kappa shape index (κ3) is 4.38. The summed E-state index contributed by atoms with van der Waals surface area (Å²) >= 11 is 1.12. The van der Waals surface area contributed by atoms with Gasteiger partial charge in [0.15, 0.2) is 16.6 Å². The SMILES string of the molecule is COC(=O)c1nc(NCCC(C)S(C)=O)sc1C(C)=O. The Labute approximate surface area is 124 Å². The number of Topliss-reactive ketones (excluding diaryl/α,β-unsaturated/α-hetero) is 1. The zero-order valence-electron chi connectivity index (χ0n) is 11.9. The smallest absolute Gasteiger partial charge is 0.358 e. The highest BCUT2D eigenvalue weighted by Crippen LogP contribution is 2.24. The Morgan fingerprint density at radius 2 is 2.15 bits per heavy atom. The molecule has 0 fully saturated rings. The second-order valence-corrected chi connectivity index (χ2v) is 7.07. The number of anilines is 1. The molecule has 0 aliphatic heterocycles. The second kappa shape index (κ2) is 7.49. The molecule has 1 aromatic rings. The molecule has 0 bridgehead atoms. The molecule has 1 rings (SSSR count). The normalized spacial score (nSPS) is 13.6. The largest absolute Gasteiger partial charge is 0.464 e. The van der Waals surface area contributed by atoms with Crippen molar-refractivity contribution in [3.05, 3.63) is 10.6 Å². The van der Waals surface area contributed by atoms with Crippen LogP contribution in [0, 0.1) is 0 Å². The summed E-state index contributed by atoms with van der Waals surface area (Å²) in [7, 11) is 0.378. The summed E-state index contributed by atoms with van der Waals surface area (Å²) in [4.78, 5) is 27.4. The Bertz CT molecular complexity index is 528. The van der Waals surface area contributed by atoms with E-state index in [4.69, 9.17) is 0 Å². The summed E-state index contributed by atoms with van der Waals surface area (Å²) in [5, 5.41) is 3.61. The zero-order chi connectivity index (χ0) is 15.3. The third-order valence-electron chi connectivity index (χ3n) is 2.72. The predicted octanol–water partition coefficient (Wildman–Crippen LogP) is 1.70. The van der Waals surface area contributed by atoms with Crippen LogP contribution < -0.4 is 5.32 Å². The van der Waals surface area contributed by atoms with Crippen LogP contribution in [-0.2, 0) is 15.5 Å². The Balaban J connectivity index is 2.75. The standard InChI is InChI=1S/C12H18N2O4S2/c1-7(20(4)17)5-6-13-12-14-9(11(16)18-3)10(19-12)8(2)15/h7H,5-6H2,1-4H3,(H,13,14). The number of rotatable bonds is 7. The van der Waals surface area contributed by atoms with Gasteiger partial charge >= 0.3 is 5.97 Å². The fourth-order valence-electron chi connectivity index (χ4n) is 1.42. The molecule has 0 saturated heterocycles. The summed E-state index contributed by atoms with van der Waals surface area (Å²) < 4.78 is 15.8. The van der Waals surface area contributed by atoms with Crippen LogP contribution in [0.1, 0.15) is 40.4 Å². The van der Waals surface area contributed by atoms with Gasteiger partial charge in [0.25, 0.3) is 0 Å². The molecule has 0 aromatic carbocycles. The number of nitrogens with zero attached hydrogens (tertiary/aromatic N) is 1. The van der Waals surface area contributed by atoms with E-state index < -0.39 is 16.8 Å². The van der Waals surface area contributed by atoms with Crippen LogP contribution in [0.25, 0.3) is 0 Å². The number of hydrogen-bond acceptors (Lipinski definition) is 7.